The Kier molecular flexibility index (Phi) is 6.08. The van der Waals surface area contributed by atoms with Crippen molar-refractivity contribution in [2.75, 3.05) is 26.9 Å². The van der Waals surface area contributed by atoms with Gasteiger partial charge in [-0.3, -0.25) is 4.90 Å². The molecule has 1 aromatic carbocycles. The number of hydrogen-bond acceptors (Lipinski definition) is 4. The van der Waals surface area contributed by atoms with Crippen LogP contribution in [0.15, 0.2) is 29.5 Å². The molecule has 25 heavy (non-hydrogen) atoms. The number of rotatable bonds is 6. The lowest BCUT2D eigenvalue weighted by Gasteiger charge is -2.35. The molecule has 0 saturated heterocycles. The zero-order valence-electron chi connectivity index (χ0n) is 14.3. The Morgan fingerprint density at radius 1 is 1.32 bits per heavy atom. The van der Waals surface area contributed by atoms with Gasteiger partial charge in [-0.05, 0) is 31.5 Å². The molecule has 1 aliphatic rings. The van der Waals surface area contributed by atoms with Crippen LogP contribution in [0.4, 0.5) is 13.6 Å². The first kappa shape index (κ1) is 18.9. The minimum atomic E-state index is -1.06. The molecule has 0 bridgehead atoms. The topological polar surface area (TPSA) is 67.9 Å². The summed E-state index contributed by atoms with van der Waals surface area (Å²) in [5.74, 6) is -2.70. The van der Waals surface area contributed by atoms with Crippen LogP contribution in [0.3, 0.4) is 0 Å². The van der Waals surface area contributed by atoms with Gasteiger partial charge in [-0.2, -0.15) is 0 Å². The summed E-state index contributed by atoms with van der Waals surface area (Å²) in [7, 11) is 1.50. The molecule has 2 rings (SSSR count). The molecule has 0 fully saturated rings. The summed E-state index contributed by atoms with van der Waals surface area (Å²) in [5.41, 5.74) is 0.804. The van der Waals surface area contributed by atoms with Gasteiger partial charge in [-0.25, -0.2) is 18.4 Å². The number of benzene rings is 1. The molecule has 6 nitrogen and oxygen atoms in total. The van der Waals surface area contributed by atoms with Gasteiger partial charge in [0, 0.05) is 12.8 Å². The molecule has 1 aromatic rings. The van der Waals surface area contributed by atoms with Crippen LogP contribution in [0.2, 0.25) is 0 Å². The Bertz CT molecular complexity index is 706. The second-order valence-corrected chi connectivity index (χ2v) is 5.42. The lowest BCUT2D eigenvalue weighted by molar-refractivity contribution is -0.139. The maximum Gasteiger partial charge on any atom is 0.338 e. The number of carbonyl (C=O) groups is 2. The number of nitrogens with one attached hydrogen (secondary N) is 1. The molecule has 0 spiro atoms. The Morgan fingerprint density at radius 3 is 2.64 bits per heavy atom. The van der Waals surface area contributed by atoms with Gasteiger partial charge in [0.1, 0.15) is 0 Å². The Hall–Kier alpha value is -2.48. The van der Waals surface area contributed by atoms with E-state index in [2.05, 4.69) is 5.32 Å². The molecule has 1 N–H and O–H groups in total. The highest BCUT2D eigenvalue weighted by atomic mass is 19.2. The van der Waals surface area contributed by atoms with Crippen molar-refractivity contribution < 1.29 is 27.8 Å². The van der Waals surface area contributed by atoms with Crippen molar-refractivity contribution in [3.63, 3.8) is 0 Å². The maximum atomic E-state index is 13.6. The summed E-state index contributed by atoms with van der Waals surface area (Å²) < 4.78 is 36.9. The Morgan fingerprint density at radius 2 is 2.04 bits per heavy atom. The number of halogens is 2. The molecule has 0 aliphatic carbocycles. The zero-order chi connectivity index (χ0) is 18.6. The fourth-order valence-corrected chi connectivity index (χ4v) is 2.65. The third kappa shape index (κ3) is 3.96. The van der Waals surface area contributed by atoms with E-state index >= 15 is 0 Å². The normalized spacial score (nSPS) is 17.6. The van der Waals surface area contributed by atoms with Crippen molar-refractivity contribution in [1.82, 2.24) is 10.2 Å². The van der Waals surface area contributed by atoms with Crippen molar-refractivity contribution in [1.29, 1.82) is 0 Å². The maximum absolute atomic E-state index is 13.6. The van der Waals surface area contributed by atoms with E-state index in [-0.39, 0.29) is 30.9 Å². The average Bonchev–Trinajstić information content (AvgIpc) is 2.56. The van der Waals surface area contributed by atoms with Crippen LogP contribution in [0, 0.1) is 11.6 Å². The van der Waals surface area contributed by atoms with Crippen molar-refractivity contribution >= 4 is 12.0 Å². The predicted molar refractivity (Wildman–Crippen MR) is 85.5 cm³/mol. The second kappa shape index (κ2) is 8.06. The lowest BCUT2D eigenvalue weighted by Crippen LogP contribution is -2.49. The molecular weight excluding hydrogens is 334 g/mol. The number of nitrogens with zero attached hydrogens (tertiary/aromatic N) is 1. The van der Waals surface area contributed by atoms with Gasteiger partial charge in [0.05, 0.1) is 31.4 Å². The van der Waals surface area contributed by atoms with E-state index < -0.39 is 29.7 Å². The van der Waals surface area contributed by atoms with Crippen molar-refractivity contribution in [3.05, 3.63) is 46.7 Å². The van der Waals surface area contributed by atoms with Crippen molar-refractivity contribution in [2.45, 2.75) is 19.9 Å². The fourth-order valence-electron chi connectivity index (χ4n) is 2.65. The molecule has 1 aliphatic heterocycles. The Labute approximate surface area is 144 Å². The number of hydrogen-bond donors (Lipinski definition) is 1. The van der Waals surface area contributed by atoms with E-state index in [9.17, 15) is 18.4 Å². The number of carbonyl (C=O) groups excluding carboxylic acids is 2. The Balaban J connectivity index is 2.49. The first-order chi connectivity index (χ1) is 11.9. The highest BCUT2D eigenvalue weighted by Gasteiger charge is 2.36. The van der Waals surface area contributed by atoms with Crippen LogP contribution in [-0.2, 0) is 14.3 Å². The molecule has 0 unspecified atom stereocenters. The van der Waals surface area contributed by atoms with E-state index in [4.69, 9.17) is 9.47 Å². The highest BCUT2D eigenvalue weighted by Crippen LogP contribution is 2.31. The lowest BCUT2D eigenvalue weighted by atomic mass is 9.94. The van der Waals surface area contributed by atoms with Crippen LogP contribution in [0.5, 0.6) is 0 Å². The number of esters is 1. The first-order valence-electron chi connectivity index (χ1n) is 7.80. The molecule has 0 aromatic heterocycles. The van der Waals surface area contributed by atoms with Crippen LogP contribution in [0.1, 0.15) is 25.5 Å². The summed E-state index contributed by atoms with van der Waals surface area (Å²) in [6.45, 7) is 3.92. The number of amides is 2. The van der Waals surface area contributed by atoms with Gasteiger partial charge in [0.15, 0.2) is 11.6 Å². The third-order valence-corrected chi connectivity index (χ3v) is 3.89. The molecule has 1 atom stereocenters. The molecule has 1 heterocycles. The standard InChI is InChI=1S/C17H20F2N2O4/c1-4-25-16(22)14-10(2)21(7-8-24-3)17(23)20-15(14)11-5-6-12(18)13(19)9-11/h5-6,9,15H,4,7-8H2,1-3H3,(H,20,23)/t15-/m1/s1. The predicted octanol–water partition coefficient (Wildman–Crippen LogP) is 2.51. The number of allylic oxidation sites excluding steroid dienone is 1. The molecular formula is C17H20F2N2O4. The number of ether oxygens (including phenoxy) is 2. The molecule has 2 amide bonds. The van der Waals surface area contributed by atoms with E-state index in [1.807, 2.05) is 0 Å². The van der Waals surface area contributed by atoms with E-state index in [1.165, 1.54) is 18.1 Å². The minimum Gasteiger partial charge on any atom is -0.463 e. The number of urea groups is 1. The molecule has 0 saturated carbocycles. The van der Waals surface area contributed by atoms with Crippen molar-refractivity contribution in [3.8, 4) is 0 Å². The van der Waals surface area contributed by atoms with Crippen LogP contribution in [0.25, 0.3) is 0 Å². The summed E-state index contributed by atoms with van der Waals surface area (Å²) in [6.07, 6.45) is 0. The summed E-state index contributed by atoms with van der Waals surface area (Å²) in [5, 5.41) is 2.64. The highest BCUT2D eigenvalue weighted by molar-refractivity contribution is 5.95. The molecule has 0 radical (unpaired) electrons. The monoisotopic (exact) mass is 354 g/mol. The van der Waals surface area contributed by atoms with E-state index in [1.54, 1.807) is 13.8 Å². The van der Waals surface area contributed by atoms with Crippen molar-refractivity contribution in [2.24, 2.45) is 0 Å². The first-order valence-corrected chi connectivity index (χ1v) is 7.80. The number of methoxy groups -OCH3 is 1. The van der Waals surface area contributed by atoms with Gasteiger partial charge in [-0.1, -0.05) is 6.07 Å². The van der Waals surface area contributed by atoms with E-state index in [0.717, 1.165) is 12.1 Å². The van der Waals surface area contributed by atoms with Gasteiger partial charge in [-0.15, -0.1) is 0 Å². The van der Waals surface area contributed by atoms with Crippen LogP contribution in [-0.4, -0.2) is 43.8 Å². The van der Waals surface area contributed by atoms with Gasteiger partial charge >= 0.3 is 12.0 Å². The summed E-state index contributed by atoms with van der Waals surface area (Å²) >= 11 is 0. The van der Waals surface area contributed by atoms with Gasteiger partial charge < -0.3 is 14.8 Å². The minimum absolute atomic E-state index is 0.145. The van der Waals surface area contributed by atoms with Gasteiger partial charge in [0.25, 0.3) is 0 Å². The molecule has 8 heteroatoms. The largest absolute Gasteiger partial charge is 0.463 e. The zero-order valence-corrected chi connectivity index (χ0v) is 14.3. The smallest absolute Gasteiger partial charge is 0.338 e. The molecule has 136 valence electrons. The average molecular weight is 354 g/mol. The van der Waals surface area contributed by atoms with Crippen LogP contribution < -0.4 is 5.32 Å². The summed E-state index contributed by atoms with van der Waals surface area (Å²) in [4.78, 5) is 26.1. The SMILES string of the molecule is CCOC(=O)C1=C(C)N(CCOC)C(=O)N[C@@H]1c1ccc(F)c(F)c1. The third-order valence-electron chi connectivity index (χ3n) is 3.89. The quantitative estimate of drug-likeness (QED) is 0.797. The van der Waals surface area contributed by atoms with E-state index in [0.29, 0.717) is 5.70 Å². The van der Waals surface area contributed by atoms with Crippen LogP contribution >= 0.6 is 0 Å². The van der Waals surface area contributed by atoms with Gasteiger partial charge in [0.2, 0.25) is 0 Å². The second-order valence-electron chi connectivity index (χ2n) is 5.42. The fraction of sp³-hybridized carbons (Fsp3) is 0.412. The summed E-state index contributed by atoms with van der Waals surface area (Å²) in [6, 6.07) is 1.84.